The second-order valence-corrected chi connectivity index (χ2v) is 6.40. The van der Waals surface area contributed by atoms with Crippen LogP contribution in [0.4, 0.5) is 0 Å². The lowest BCUT2D eigenvalue weighted by molar-refractivity contribution is -0.129. The molecule has 1 saturated heterocycles. The number of sulfonamides is 1. The van der Waals surface area contributed by atoms with Crippen molar-refractivity contribution in [2.75, 3.05) is 18.8 Å². The van der Waals surface area contributed by atoms with Crippen molar-refractivity contribution in [3.05, 3.63) is 0 Å². The molecule has 1 aliphatic rings. The van der Waals surface area contributed by atoms with Crippen LogP contribution in [-0.4, -0.2) is 33.2 Å². The highest BCUT2D eigenvalue weighted by Gasteiger charge is 2.36. The van der Waals surface area contributed by atoms with Gasteiger partial charge in [-0.05, 0) is 32.4 Å². The first-order chi connectivity index (χ1) is 7.40. The van der Waals surface area contributed by atoms with E-state index in [0.29, 0.717) is 19.3 Å². The summed E-state index contributed by atoms with van der Waals surface area (Å²) in [5, 5.41) is 3.15. The maximum Gasteiger partial charge on any atom is 0.239 e. The van der Waals surface area contributed by atoms with E-state index in [1.54, 1.807) is 6.92 Å². The summed E-state index contributed by atoms with van der Waals surface area (Å²) in [6, 6.07) is 0. The van der Waals surface area contributed by atoms with Gasteiger partial charge in [0.25, 0.3) is 0 Å². The smallest absolute Gasteiger partial charge is 0.239 e. The SMILES string of the molecule is CCCS(=O)(=O)NC(=O)C1(C)CCNCC1. The van der Waals surface area contributed by atoms with Gasteiger partial charge in [0.2, 0.25) is 15.9 Å². The van der Waals surface area contributed by atoms with Crippen molar-refractivity contribution in [3.63, 3.8) is 0 Å². The Morgan fingerprint density at radius 3 is 2.44 bits per heavy atom. The molecule has 16 heavy (non-hydrogen) atoms. The third-order valence-corrected chi connectivity index (χ3v) is 4.42. The van der Waals surface area contributed by atoms with Crippen LogP contribution in [0.2, 0.25) is 0 Å². The second kappa shape index (κ2) is 5.14. The Kier molecular flexibility index (Phi) is 4.32. The maximum atomic E-state index is 11.9. The Balaban J connectivity index is 2.64. The summed E-state index contributed by atoms with van der Waals surface area (Å²) in [5.74, 6) is -0.352. The van der Waals surface area contributed by atoms with Gasteiger partial charge in [-0.25, -0.2) is 8.42 Å². The lowest BCUT2D eigenvalue weighted by Gasteiger charge is -2.32. The average Bonchev–Trinajstić information content (AvgIpc) is 2.17. The van der Waals surface area contributed by atoms with E-state index < -0.39 is 15.4 Å². The monoisotopic (exact) mass is 248 g/mol. The zero-order valence-electron chi connectivity index (χ0n) is 9.88. The highest BCUT2D eigenvalue weighted by Crippen LogP contribution is 2.28. The van der Waals surface area contributed by atoms with Gasteiger partial charge < -0.3 is 5.32 Å². The van der Waals surface area contributed by atoms with Gasteiger partial charge in [-0.1, -0.05) is 13.8 Å². The van der Waals surface area contributed by atoms with E-state index in [9.17, 15) is 13.2 Å². The molecule has 1 heterocycles. The minimum atomic E-state index is -3.44. The van der Waals surface area contributed by atoms with E-state index in [0.717, 1.165) is 13.1 Å². The largest absolute Gasteiger partial charge is 0.317 e. The third kappa shape index (κ3) is 3.45. The van der Waals surface area contributed by atoms with Gasteiger partial charge in [-0.15, -0.1) is 0 Å². The second-order valence-electron chi connectivity index (χ2n) is 4.56. The number of hydrogen-bond acceptors (Lipinski definition) is 4. The molecule has 0 saturated carbocycles. The molecule has 0 aromatic carbocycles. The molecule has 0 aromatic rings. The third-order valence-electron chi connectivity index (χ3n) is 2.98. The number of nitrogens with one attached hydrogen (secondary N) is 2. The number of carbonyl (C=O) groups is 1. The predicted molar refractivity (Wildman–Crippen MR) is 62.4 cm³/mol. The molecule has 1 fully saturated rings. The van der Waals surface area contributed by atoms with Crippen LogP contribution in [-0.2, 0) is 14.8 Å². The first kappa shape index (κ1) is 13.4. The molecule has 0 radical (unpaired) electrons. The molecule has 1 rings (SSSR count). The molecule has 0 spiro atoms. The van der Waals surface area contributed by atoms with E-state index in [2.05, 4.69) is 10.0 Å². The number of piperidine rings is 1. The molecule has 0 aliphatic carbocycles. The highest BCUT2D eigenvalue weighted by atomic mass is 32.2. The Bertz CT molecular complexity index is 345. The summed E-state index contributed by atoms with van der Waals surface area (Å²) in [7, 11) is -3.44. The van der Waals surface area contributed by atoms with Gasteiger partial charge in [0.15, 0.2) is 0 Å². The van der Waals surface area contributed by atoms with Crippen LogP contribution in [0.3, 0.4) is 0 Å². The first-order valence-electron chi connectivity index (χ1n) is 5.65. The average molecular weight is 248 g/mol. The van der Waals surface area contributed by atoms with Crippen LogP contribution < -0.4 is 10.0 Å². The van der Waals surface area contributed by atoms with Crippen LogP contribution in [0, 0.1) is 5.41 Å². The topological polar surface area (TPSA) is 75.3 Å². The normalized spacial score (nSPS) is 20.4. The fourth-order valence-electron chi connectivity index (χ4n) is 1.79. The maximum absolute atomic E-state index is 11.9. The van der Waals surface area contributed by atoms with Crippen molar-refractivity contribution in [2.24, 2.45) is 5.41 Å². The van der Waals surface area contributed by atoms with Crippen LogP contribution >= 0.6 is 0 Å². The van der Waals surface area contributed by atoms with Crippen LogP contribution in [0.25, 0.3) is 0 Å². The fourth-order valence-corrected chi connectivity index (χ4v) is 2.96. The minimum absolute atomic E-state index is 0.00701. The molecule has 6 heteroatoms. The summed E-state index contributed by atoms with van der Waals surface area (Å²) in [5.41, 5.74) is -0.550. The summed E-state index contributed by atoms with van der Waals surface area (Å²) < 4.78 is 25.1. The quantitative estimate of drug-likeness (QED) is 0.747. The molecule has 0 unspecified atom stereocenters. The van der Waals surface area contributed by atoms with Crippen molar-refractivity contribution in [1.29, 1.82) is 0 Å². The Hall–Kier alpha value is -0.620. The van der Waals surface area contributed by atoms with Gasteiger partial charge in [0.05, 0.1) is 5.75 Å². The highest BCUT2D eigenvalue weighted by molar-refractivity contribution is 7.90. The van der Waals surface area contributed by atoms with Crippen molar-refractivity contribution >= 4 is 15.9 Å². The summed E-state index contributed by atoms with van der Waals surface area (Å²) in [4.78, 5) is 11.9. The zero-order chi connectivity index (χ0) is 12.2. The van der Waals surface area contributed by atoms with Crippen LogP contribution in [0.1, 0.15) is 33.1 Å². The Morgan fingerprint density at radius 1 is 1.38 bits per heavy atom. The number of amides is 1. The number of rotatable bonds is 4. The van der Waals surface area contributed by atoms with Gasteiger partial charge in [0.1, 0.15) is 0 Å². The molecule has 94 valence electrons. The van der Waals surface area contributed by atoms with Gasteiger partial charge in [-0.3, -0.25) is 9.52 Å². The molecule has 1 aliphatic heterocycles. The molecule has 0 atom stereocenters. The summed E-state index contributed by atoms with van der Waals surface area (Å²) in [6.45, 7) is 5.12. The van der Waals surface area contributed by atoms with Crippen molar-refractivity contribution in [2.45, 2.75) is 33.1 Å². The van der Waals surface area contributed by atoms with E-state index in [4.69, 9.17) is 0 Å². The van der Waals surface area contributed by atoms with Crippen molar-refractivity contribution < 1.29 is 13.2 Å². The molecule has 0 aromatic heterocycles. The lowest BCUT2D eigenvalue weighted by atomic mass is 9.80. The lowest BCUT2D eigenvalue weighted by Crippen LogP contribution is -2.47. The molecule has 2 N–H and O–H groups in total. The van der Waals surface area contributed by atoms with Crippen LogP contribution in [0.5, 0.6) is 0 Å². The number of carbonyl (C=O) groups excluding carboxylic acids is 1. The standard InChI is InChI=1S/C10H20N2O3S/c1-3-8-16(14,15)12-9(13)10(2)4-6-11-7-5-10/h11H,3-8H2,1-2H3,(H,12,13). The van der Waals surface area contributed by atoms with Crippen molar-refractivity contribution in [1.82, 2.24) is 10.0 Å². The van der Waals surface area contributed by atoms with E-state index in [1.807, 2.05) is 6.92 Å². The molecular formula is C10H20N2O3S. The first-order valence-corrected chi connectivity index (χ1v) is 7.30. The van der Waals surface area contributed by atoms with E-state index in [-0.39, 0.29) is 11.7 Å². The van der Waals surface area contributed by atoms with E-state index in [1.165, 1.54) is 0 Å². The Morgan fingerprint density at radius 2 is 1.94 bits per heavy atom. The Labute approximate surface area is 97.0 Å². The summed E-state index contributed by atoms with van der Waals surface area (Å²) in [6.07, 6.45) is 1.88. The molecule has 5 nitrogen and oxygen atoms in total. The zero-order valence-corrected chi connectivity index (χ0v) is 10.7. The van der Waals surface area contributed by atoms with Crippen LogP contribution in [0.15, 0.2) is 0 Å². The predicted octanol–water partition coefficient (Wildman–Crippen LogP) is 0.232. The molecule has 1 amide bonds. The number of hydrogen-bond donors (Lipinski definition) is 2. The molecule has 0 bridgehead atoms. The van der Waals surface area contributed by atoms with Gasteiger partial charge >= 0.3 is 0 Å². The van der Waals surface area contributed by atoms with Gasteiger partial charge in [-0.2, -0.15) is 0 Å². The summed E-state index contributed by atoms with van der Waals surface area (Å²) >= 11 is 0. The minimum Gasteiger partial charge on any atom is -0.317 e. The van der Waals surface area contributed by atoms with Gasteiger partial charge in [0, 0.05) is 5.41 Å². The fraction of sp³-hybridized carbons (Fsp3) is 0.900. The van der Waals surface area contributed by atoms with Crippen molar-refractivity contribution in [3.8, 4) is 0 Å². The molecular weight excluding hydrogens is 228 g/mol. The van der Waals surface area contributed by atoms with E-state index >= 15 is 0 Å².